The molecule has 2 amide bonds. The highest BCUT2D eigenvalue weighted by atomic mass is 35.5. The van der Waals surface area contributed by atoms with Crippen molar-refractivity contribution in [3.05, 3.63) is 64.2 Å². The summed E-state index contributed by atoms with van der Waals surface area (Å²) in [6.07, 6.45) is 0. The lowest BCUT2D eigenvalue weighted by Gasteiger charge is -2.17. The minimum absolute atomic E-state index is 0.116. The predicted octanol–water partition coefficient (Wildman–Crippen LogP) is 2.89. The largest absolute Gasteiger partial charge is 0.348 e. The van der Waals surface area contributed by atoms with E-state index >= 15 is 0 Å². The number of carbonyl (C=O) groups excluding carboxylic acids is 2. The Kier molecular flexibility index (Phi) is 5.26. The molecule has 1 aliphatic heterocycles. The molecule has 2 aromatic carbocycles. The Hall–Kier alpha value is -2.38. The summed E-state index contributed by atoms with van der Waals surface area (Å²) in [5, 5.41) is 2.96. The average molecular weight is 407 g/mol. The van der Waals surface area contributed by atoms with E-state index in [0.29, 0.717) is 6.54 Å². The molecule has 1 saturated heterocycles. The molecule has 6 nitrogen and oxygen atoms in total. The molecule has 1 aliphatic rings. The van der Waals surface area contributed by atoms with Crippen molar-refractivity contribution in [2.24, 2.45) is 5.92 Å². The summed E-state index contributed by atoms with van der Waals surface area (Å²) in [7, 11) is -3.75. The maximum absolute atomic E-state index is 12.6. The number of aryl methyl sites for hydroxylation is 1. The number of carbonyl (C=O) groups is 2. The van der Waals surface area contributed by atoms with E-state index in [1.54, 1.807) is 6.92 Å². The van der Waals surface area contributed by atoms with Gasteiger partial charge < -0.3 is 5.32 Å². The monoisotopic (exact) mass is 406 g/mol. The van der Waals surface area contributed by atoms with Crippen molar-refractivity contribution >= 4 is 39.1 Å². The van der Waals surface area contributed by atoms with Crippen molar-refractivity contribution in [1.82, 2.24) is 5.32 Å². The number of sulfonamides is 1. The minimum atomic E-state index is -3.75. The molecule has 0 aromatic heterocycles. The van der Waals surface area contributed by atoms with E-state index in [9.17, 15) is 18.0 Å². The molecular weight excluding hydrogens is 388 g/mol. The standard InChI is InChI=1S/C19H19ClN2O4S/c1-12-5-3-4-6-14(12)10-21-18(23)16-9-15(7-8-17(16)20)22-19(24)13(2)11-27(22,25)26/h3-9,13H,10-11H2,1-2H3,(H,21,23). The normalized spacial score (nSPS) is 18.6. The Labute approximate surface area is 163 Å². The number of benzene rings is 2. The van der Waals surface area contributed by atoms with Gasteiger partial charge in [-0.2, -0.15) is 0 Å². The Morgan fingerprint density at radius 2 is 1.96 bits per heavy atom. The molecule has 0 aliphatic carbocycles. The fraction of sp³-hybridized carbons (Fsp3) is 0.263. The lowest BCUT2D eigenvalue weighted by molar-refractivity contribution is -0.119. The molecule has 0 saturated carbocycles. The van der Waals surface area contributed by atoms with Crippen molar-refractivity contribution < 1.29 is 18.0 Å². The summed E-state index contributed by atoms with van der Waals surface area (Å²) >= 11 is 6.13. The van der Waals surface area contributed by atoms with Gasteiger partial charge in [-0.15, -0.1) is 0 Å². The van der Waals surface area contributed by atoms with Crippen LogP contribution in [0.5, 0.6) is 0 Å². The summed E-state index contributed by atoms with van der Waals surface area (Å²) in [6.45, 7) is 3.82. The summed E-state index contributed by atoms with van der Waals surface area (Å²) in [6, 6.07) is 11.8. The van der Waals surface area contributed by atoms with Crippen LogP contribution in [0.15, 0.2) is 42.5 Å². The molecule has 0 spiro atoms. The number of nitrogens with one attached hydrogen (secondary N) is 1. The second-order valence-corrected chi connectivity index (χ2v) is 8.83. The lowest BCUT2D eigenvalue weighted by Crippen LogP contribution is -2.31. The summed E-state index contributed by atoms with van der Waals surface area (Å²) in [5.74, 6) is -1.82. The number of anilines is 1. The fourth-order valence-electron chi connectivity index (χ4n) is 2.98. The topological polar surface area (TPSA) is 83.6 Å². The molecule has 1 atom stereocenters. The molecule has 142 valence electrons. The smallest absolute Gasteiger partial charge is 0.253 e. The van der Waals surface area contributed by atoms with Crippen LogP contribution in [0.1, 0.15) is 28.4 Å². The summed E-state index contributed by atoms with van der Waals surface area (Å²) < 4.78 is 25.3. The van der Waals surface area contributed by atoms with Crippen LogP contribution in [0.2, 0.25) is 5.02 Å². The first-order chi connectivity index (χ1) is 12.7. The van der Waals surface area contributed by atoms with Crippen LogP contribution in [0, 0.1) is 12.8 Å². The van der Waals surface area contributed by atoms with Gasteiger partial charge in [0.2, 0.25) is 15.9 Å². The van der Waals surface area contributed by atoms with Crippen molar-refractivity contribution in [2.45, 2.75) is 20.4 Å². The van der Waals surface area contributed by atoms with Gasteiger partial charge in [0.1, 0.15) is 0 Å². The first-order valence-electron chi connectivity index (χ1n) is 8.40. The van der Waals surface area contributed by atoms with Crippen molar-refractivity contribution in [3.8, 4) is 0 Å². The molecule has 1 N–H and O–H groups in total. The van der Waals surface area contributed by atoms with Gasteiger partial charge in [-0.3, -0.25) is 9.59 Å². The summed E-state index contributed by atoms with van der Waals surface area (Å²) in [4.78, 5) is 24.8. The Morgan fingerprint density at radius 3 is 2.59 bits per heavy atom. The van der Waals surface area contributed by atoms with E-state index in [-0.39, 0.29) is 22.0 Å². The van der Waals surface area contributed by atoms with E-state index in [1.165, 1.54) is 18.2 Å². The number of halogens is 1. The van der Waals surface area contributed by atoms with Gasteiger partial charge in [-0.1, -0.05) is 42.8 Å². The van der Waals surface area contributed by atoms with Gasteiger partial charge in [0.25, 0.3) is 5.91 Å². The molecule has 3 rings (SSSR count). The van der Waals surface area contributed by atoms with Gasteiger partial charge in [0.15, 0.2) is 0 Å². The fourth-order valence-corrected chi connectivity index (χ4v) is 5.00. The van der Waals surface area contributed by atoms with Crippen LogP contribution in [-0.4, -0.2) is 26.0 Å². The van der Waals surface area contributed by atoms with Crippen LogP contribution in [-0.2, 0) is 21.4 Å². The zero-order valence-electron chi connectivity index (χ0n) is 14.9. The first kappa shape index (κ1) is 19.4. The van der Waals surface area contributed by atoms with Crippen LogP contribution in [0.4, 0.5) is 5.69 Å². The van der Waals surface area contributed by atoms with Crippen LogP contribution in [0.25, 0.3) is 0 Å². The second-order valence-electron chi connectivity index (χ2n) is 6.56. The van der Waals surface area contributed by atoms with Crippen LogP contribution in [0.3, 0.4) is 0 Å². The zero-order valence-corrected chi connectivity index (χ0v) is 16.5. The predicted molar refractivity (Wildman–Crippen MR) is 104 cm³/mol. The number of rotatable bonds is 4. The average Bonchev–Trinajstić information content (AvgIpc) is 2.82. The van der Waals surface area contributed by atoms with Crippen molar-refractivity contribution in [1.29, 1.82) is 0 Å². The van der Waals surface area contributed by atoms with Gasteiger partial charge in [-0.25, -0.2) is 12.7 Å². The van der Waals surface area contributed by atoms with Gasteiger partial charge >= 0.3 is 0 Å². The molecular formula is C19H19ClN2O4S. The van der Waals surface area contributed by atoms with Crippen LogP contribution < -0.4 is 9.62 Å². The van der Waals surface area contributed by atoms with Gasteiger partial charge in [-0.05, 0) is 36.2 Å². The van der Waals surface area contributed by atoms with Gasteiger partial charge in [0, 0.05) is 6.54 Å². The molecule has 0 radical (unpaired) electrons. The van der Waals surface area contributed by atoms with Crippen molar-refractivity contribution in [2.75, 3.05) is 10.1 Å². The van der Waals surface area contributed by atoms with E-state index in [4.69, 9.17) is 11.6 Å². The summed E-state index contributed by atoms with van der Waals surface area (Å²) in [5.41, 5.74) is 2.24. The first-order valence-corrected chi connectivity index (χ1v) is 10.4. The Morgan fingerprint density at radius 1 is 1.26 bits per heavy atom. The second kappa shape index (κ2) is 7.32. The highest BCUT2D eigenvalue weighted by molar-refractivity contribution is 7.94. The molecule has 8 heteroatoms. The molecule has 2 aromatic rings. The maximum Gasteiger partial charge on any atom is 0.253 e. The third-order valence-corrected chi connectivity index (χ3v) is 6.69. The number of hydrogen-bond donors (Lipinski definition) is 1. The number of amides is 2. The third kappa shape index (κ3) is 3.84. The Bertz CT molecular complexity index is 1020. The number of nitrogens with zero attached hydrogens (tertiary/aromatic N) is 1. The quantitative estimate of drug-likeness (QED) is 0.846. The number of hydrogen-bond acceptors (Lipinski definition) is 4. The maximum atomic E-state index is 12.6. The zero-order chi connectivity index (χ0) is 19.8. The third-order valence-electron chi connectivity index (χ3n) is 4.49. The molecule has 1 heterocycles. The molecule has 0 bridgehead atoms. The molecule has 1 unspecified atom stereocenters. The highest BCUT2D eigenvalue weighted by Gasteiger charge is 2.42. The highest BCUT2D eigenvalue weighted by Crippen LogP contribution is 2.31. The Balaban J connectivity index is 1.86. The van der Waals surface area contributed by atoms with E-state index in [0.717, 1.165) is 15.4 Å². The van der Waals surface area contributed by atoms with E-state index in [2.05, 4.69) is 5.32 Å². The lowest BCUT2D eigenvalue weighted by atomic mass is 10.1. The minimum Gasteiger partial charge on any atom is -0.348 e. The molecule has 1 fully saturated rings. The van der Waals surface area contributed by atoms with E-state index in [1.807, 2.05) is 31.2 Å². The molecule has 27 heavy (non-hydrogen) atoms. The van der Waals surface area contributed by atoms with Crippen molar-refractivity contribution in [3.63, 3.8) is 0 Å². The van der Waals surface area contributed by atoms with Gasteiger partial charge in [0.05, 0.1) is 27.9 Å². The van der Waals surface area contributed by atoms with Crippen LogP contribution >= 0.6 is 11.6 Å². The van der Waals surface area contributed by atoms with E-state index < -0.39 is 27.8 Å². The SMILES string of the molecule is Cc1ccccc1CNC(=O)c1cc(N2C(=O)C(C)CS2(=O)=O)ccc1Cl.